The second kappa shape index (κ2) is 5.90. The molecule has 0 spiro atoms. The molecular weight excluding hydrogens is 278 g/mol. The number of hydrogen-bond acceptors (Lipinski definition) is 4. The standard InChI is InChI=1S/C18H17NO3/c1-10-5-14(6-11(2)17(10)20)8-15(9-19)18(21)16-7-12(3)22-13(16)4/h5-8,20H,1-4H3. The summed E-state index contributed by atoms with van der Waals surface area (Å²) in [6, 6.07) is 7.05. The molecule has 112 valence electrons. The zero-order valence-electron chi connectivity index (χ0n) is 13.0. The van der Waals surface area contributed by atoms with Crippen LogP contribution in [0, 0.1) is 39.0 Å². The molecule has 2 rings (SSSR count). The first-order valence-corrected chi connectivity index (χ1v) is 6.87. The summed E-state index contributed by atoms with van der Waals surface area (Å²) >= 11 is 0. The predicted molar refractivity (Wildman–Crippen MR) is 83.7 cm³/mol. The molecule has 1 aromatic carbocycles. The number of ketones is 1. The average Bonchev–Trinajstić information content (AvgIpc) is 2.80. The van der Waals surface area contributed by atoms with E-state index >= 15 is 0 Å². The summed E-state index contributed by atoms with van der Waals surface area (Å²) in [5, 5.41) is 19.1. The first-order chi connectivity index (χ1) is 10.3. The van der Waals surface area contributed by atoms with Gasteiger partial charge in [0.15, 0.2) is 0 Å². The van der Waals surface area contributed by atoms with Crippen molar-refractivity contribution in [1.82, 2.24) is 0 Å². The Bertz CT molecular complexity index is 796. The largest absolute Gasteiger partial charge is 0.507 e. The summed E-state index contributed by atoms with van der Waals surface area (Å²) in [5.74, 6) is 1.000. The number of rotatable bonds is 3. The molecule has 4 nitrogen and oxygen atoms in total. The summed E-state index contributed by atoms with van der Waals surface area (Å²) in [6.07, 6.45) is 1.53. The van der Waals surface area contributed by atoms with Crippen LogP contribution in [-0.2, 0) is 0 Å². The minimum absolute atomic E-state index is 0.0355. The molecule has 0 atom stereocenters. The average molecular weight is 295 g/mol. The van der Waals surface area contributed by atoms with E-state index in [1.165, 1.54) is 6.08 Å². The lowest BCUT2D eigenvalue weighted by Gasteiger charge is -2.05. The van der Waals surface area contributed by atoms with Crippen molar-refractivity contribution < 1.29 is 14.3 Å². The lowest BCUT2D eigenvalue weighted by atomic mass is 10.00. The summed E-state index contributed by atoms with van der Waals surface area (Å²) in [4.78, 5) is 12.5. The summed E-state index contributed by atoms with van der Waals surface area (Å²) < 4.78 is 5.34. The molecular formula is C18H17NO3. The Morgan fingerprint density at radius 2 is 1.77 bits per heavy atom. The monoisotopic (exact) mass is 295 g/mol. The fourth-order valence-electron chi connectivity index (χ4n) is 2.39. The van der Waals surface area contributed by atoms with Crippen molar-refractivity contribution in [2.24, 2.45) is 0 Å². The number of carbonyl (C=O) groups is 1. The Balaban J connectivity index is 2.46. The Hall–Kier alpha value is -2.80. The van der Waals surface area contributed by atoms with Gasteiger partial charge in [0.05, 0.1) is 5.56 Å². The molecule has 0 unspecified atom stereocenters. The lowest BCUT2D eigenvalue weighted by molar-refractivity contribution is 0.103. The molecule has 22 heavy (non-hydrogen) atoms. The van der Waals surface area contributed by atoms with Crippen molar-refractivity contribution in [3.05, 3.63) is 57.5 Å². The van der Waals surface area contributed by atoms with Gasteiger partial charge in [0.1, 0.15) is 28.9 Å². The van der Waals surface area contributed by atoms with E-state index in [0.29, 0.717) is 33.8 Å². The number of phenols is 1. The zero-order chi connectivity index (χ0) is 16.4. The number of furan rings is 1. The van der Waals surface area contributed by atoms with E-state index in [0.717, 1.165) is 0 Å². The molecule has 0 fully saturated rings. The maximum absolute atomic E-state index is 12.5. The van der Waals surface area contributed by atoms with Crippen LogP contribution in [0.5, 0.6) is 5.75 Å². The van der Waals surface area contributed by atoms with Crippen molar-refractivity contribution in [1.29, 1.82) is 5.26 Å². The minimum Gasteiger partial charge on any atom is -0.507 e. The molecule has 0 amide bonds. The first-order valence-electron chi connectivity index (χ1n) is 6.87. The third-order valence-corrected chi connectivity index (χ3v) is 3.48. The number of aryl methyl sites for hydroxylation is 4. The highest BCUT2D eigenvalue weighted by Crippen LogP contribution is 2.25. The van der Waals surface area contributed by atoms with Gasteiger partial charge in [-0.1, -0.05) is 0 Å². The van der Waals surface area contributed by atoms with Gasteiger partial charge in [-0.3, -0.25) is 4.79 Å². The first kappa shape index (κ1) is 15.6. The highest BCUT2D eigenvalue weighted by molar-refractivity contribution is 6.14. The van der Waals surface area contributed by atoms with Gasteiger partial charge in [-0.05, 0) is 68.7 Å². The van der Waals surface area contributed by atoms with Crippen LogP contribution in [0.15, 0.2) is 28.2 Å². The molecule has 1 aromatic heterocycles. The van der Waals surface area contributed by atoms with Gasteiger partial charge in [-0.25, -0.2) is 0 Å². The predicted octanol–water partition coefficient (Wildman–Crippen LogP) is 4.01. The van der Waals surface area contributed by atoms with Crippen LogP contribution in [0.3, 0.4) is 0 Å². The van der Waals surface area contributed by atoms with Crippen molar-refractivity contribution in [3.63, 3.8) is 0 Å². The Morgan fingerprint density at radius 3 is 2.23 bits per heavy atom. The maximum atomic E-state index is 12.5. The SMILES string of the molecule is Cc1cc(C(=O)C(C#N)=Cc2cc(C)c(O)c(C)c2)c(C)o1. The molecule has 0 aliphatic carbocycles. The topological polar surface area (TPSA) is 74.2 Å². The van der Waals surface area contributed by atoms with Gasteiger partial charge in [0.25, 0.3) is 0 Å². The van der Waals surface area contributed by atoms with E-state index in [2.05, 4.69) is 0 Å². The highest BCUT2D eigenvalue weighted by Gasteiger charge is 2.18. The normalized spacial score (nSPS) is 11.3. The molecule has 0 radical (unpaired) electrons. The quantitative estimate of drug-likeness (QED) is 0.527. The Kier molecular flexibility index (Phi) is 4.18. The van der Waals surface area contributed by atoms with Crippen molar-refractivity contribution in [3.8, 4) is 11.8 Å². The number of Topliss-reactive ketones (excluding diaryl/α,β-unsaturated/α-hetero) is 1. The van der Waals surface area contributed by atoms with Crippen LogP contribution in [-0.4, -0.2) is 10.9 Å². The third kappa shape index (κ3) is 2.94. The molecule has 2 aromatic rings. The number of aromatic hydroxyl groups is 1. The van der Waals surface area contributed by atoms with E-state index in [1.807, 2.05) is 6.07 Å². The van der Waals surface area contributed by atoms with Gasteiger partial charge in [-0.15, -0.1) is 0 Å². The van der Waals surface area contributed by atoms with Crippen LogP contribution in [0.25, 0.3) is 6.08 Å². The number of benzene rings is 1. The molecule has 0 bridgehead atoms. The second-order valence-corrected chi connectivity index (χ2v) is 5.33. The van der Waals surface area contributed by atoms with Crippen LogP contribution in [0.4, 0.5) is 0 Å². The van der Waals surface area contributed by atoms with E-state index < -0.39 is 0 Å². The highest BCUT2D eigenvalue weighted by atomic mass is 16.3. The van der Waals surface area contributed by atoms with Gasteiger partial charge < -0.3 is 9.52 Å². The zero-order valence-corrected chi connectivity index (χ0v) is 13.0. The molecule has 1 N–H and O–H groups in total. The molecule has 0 saturated carbocycles. The van der Waals surface area contributed by atoms with Gasteiger partial charge in [0.2, 0.25) is 5.78 Å². The summed E-state index contributed by atoms with van der Waals surface area (Å²) in [6.45, 7) is 7.00. The third-order valence-electron chi connectivity index (χ3n) is 3.48. The second-order valence-electron chi connectivity index (χ2n) is 5.33. The molecule has 1 heterocycles. The molecule has 4 heteroatoms. The molecule has 0 saturated heterocycles. The van der Waals surface area contributed by atoms with Gasteiger partial charge in [-0.2, -0.15) is 5.26 Å². The summed E-state index contributed by atoms with van der Waals surface area (Å²) in [7, 11) is 0. The summed E-state index contributed by atoms with van der Waals surface area (Å²) in [5.41, 5.74) is 2.54. The number of carbonyl (C=O) groups excluding carboxylic acids is 1. The van der Waals surface area contributed by atoms with Crippen LogP contribution in [0.1, 0.15) is 38.6 Å². The van der Waals surface area contributed by atoms with Crippen molar-refractivity contribution in [2.75, 3.05) is 0 Å². The van der Waals surface area contributed by atoms with E-state index in [-0.39, 0.29) is 17.1 Å². The maximum Gasteiger partial charge on any atom is 0.207 e. The van der Waals surface area contributed by atoms with E-state index in [9.17, 15) is 15.2 Å². The van der Waals surface area contributed by atoms with Crippen LogP contribution in [0.2, 0.25) is 0 Å². The minimum atomic E-state index is -0.361. The number of nitriles is 1. The number of nitrogens with zero attached hydrogens (tertiary/aromatic N) is 1. The van der Waals surface area contributed by atoms with Gasteiger partial charge in [0, 0.05) is 0 Å². The lowest BCUT2D eigenvalue weighted by Crippen LogP contribution is -2.02. The molecule has 0 aliphatic rings. The van der Waals surface area contributed by atoms with Gasteiger partial charge >= 0.3 is 0 Å². The fourth-order valence-corrected chi connectivity index (χ4v) is 2.39. The van der Waals surface area contributed by atoms with Crippen LogP contribution >= 0.6 is 0 Å². The van der Waals surface area contributed by atoms with E-state index in [1.54, 1.807) is 45.9 Å². The number of allylic oxidation sites excluding steroid dienone is 1. The van der Waals surface area contributed by atoms with Crippen LogP contribution < -0.4 is 0 Å². The van der Waals surface area contributed by atoms with Crippen molar-refractivity contribution in [2.45, 2.75) is 27.7 Å². The Labute approximate surface area is 129 Å². The van der Waals surface area contributed by atoms with Crippen molar-refractivity contribution >= 4 is 11.9 Å². The Morgan fingerprint density at radius 1 is 1.18 bits per heavy atom. The van der Waals surface area contributed by atoms with E-state index in [4.69, 9.17) is 4.42 Å². The number of phenolic OH excluding ortho intramolecular Hbond substituents is 1. The number of hydrogen-bond donors (Lipinski definition) is 1. The fraction of sp³-hybridized carbons (Fsp3) is 0.222. The molecule has 0 aliphatic heterocycles. The smallest absolute Gasteiger partial charge is 0.207 e.